The Morgan fingerprint density at radius 2 is 1.08 bits per heavy atom. The molecule has 0 radical (unpaired) electrons. The summed E-state index contributed by atoms with van der Waals surface area (Å²) in [5.74, 6) is 3.75. The van der Waals surface area contributed by atoms with Crippen molar-refractivity contribution in [2.45, 2.75) is 95.9 Å². The van der Waals surface area contributed by atoms with E-state index in [1.807, 2.05) is 12.1 Å². The van der Waals surface area contributed by atoms with Crippen molar-refractivity contribution in [3.8, 4) is 17.2 Å². The van der Waals surface area contributed by atoms with Crippen molar-refractivity contribution in [1.82, 2.24) is 4.58 Å². The zero-order valence-electron chi connectivity index (χ0n) is 45.3. The molecule has 7 atom stereocenters. The van der Waals surface area contributed by atoms with Gasteiger partial charge in [0.2, 0.25) is 16.7 Å². The van der Waals surface area contributed by atoms with E-state index in [1.54, 1.807) is 0 Å². The number of allylic oxidation sites excluding steroid dienone is 2. The Hall–Kier alpha value is -7.38. The highest BCUT2D eigenvalue weighted by Crippen LogP contribution is 2.59. The molecule has 3 aliphatic carbocycles. The third-order valence-electron chi connectivity index (χ3n) is 17.9. The lowest BCUT2D eigenvalue weighted by Gasteiger charge is -2.59. The standard InChI is InChI=1S/C67H66N4O8/c1-39-27-40(2)30-66(29-39)68-56-9-5-7-52-54(23-25-58(60(52)56)69(66)43-11-17-46(18-12-43)74-33-49-36-77-49)62-64(72)63(65(62)73)55-24-26-59-61-53(55)8-6-10-57(61)70(44-13-19-47(20-14-44)75-34-50-37-78-50)67(31-41(3)28-42(4)32-67)71(59)45-15-21-48(22-16-45)76-35-51-38-79-51/h5-26,39-42,49-51H,27-38H2,1-4H3,(H,72,73). The van der Waals surface area contributed by atoms with E-state index in [-0.39, 0.29) is 46.7 Å². The molecule has 7 aromatic rings. The summed E-state index contributed by atoms with van der Waals surface area (Å²) >= 11 is 0. The molecule has 7 unspecified atom stereocenters. The molecule has 2 saturated carbocycles. The first-order valence-corrected chi connectivity index (χ1v) is 28.7. The molecule has 5 fully saturated rings. The van der Waals surface area contributed by atoms with Crippen LogP contribution in [0.3, 0.4) is 0 Å². The Morgan fingerprint density at radius 1 is 0.570 bits per heavy atom. The van der Waals surface area contributed by atoms with Crippen LogP contribution in [0.15, 0.2) is 139 Å². The van der Waals surface area contributed by atoms with E-state index in [2.05, 4.69) is 169 Å². The third kappa shape index (κ3) is 8.34. The van der Waals surface area contributed by atoms with E-state index >= 15 is 9.90 Å². The molecule has 5 aliphatic heterocycles. The second-order valence-corrected chi connectivity index (χ2v) is 24.2. The summed E-state index contributed by atoms with van der Waals surface area (Å²) in [5, 5.41) is 24.8. The molecule has 12 nitrogen and oxygen atoms in total. The molecule has 0 aromatic heterocycles. The van der Waals surface area contributed by atoms with E-state index in [0.29, 0.717) is 54.3 Å². The van der Waals surface area contributed by atoms with Crippen LogP contribution < -0.4 is 49.6 Å². The second-order valence-electron chi connectivity index (χ2n) is 24.2. The van der Waals surface area contributed by atoms with Gasteiger partial charge in [0.1, 0.15) is 61.0 Å². The topological polar surface area (TPSA) is 127 Å². The van der Waals surface area contributed by atoms with Gasteiger partial charge in [-0.25, -0.2) is 0 Å². The largest absolute Gasteiger partial charge is 0.871 e. The molecular weight excluding hydrogens is 989 g/mol. The van der Waals surface area contributed by atoms with Crippen molar-refractivity contribution in [2.75, 3.05) is 54.8 Å². The van der Waals surface area contributed by atoms with Crippen LogP contribution in [0.1, 0.15) is 71.8 Å². The lowest BCUT2D eigenvalue weighted by Crippen LogP contribution is -2.62. The Labute approximate surface area is 460 Å². The number of nitrogens with zero attached hydrogens (tertiary/aromatic N) is 3. The van der Waals surface area contributed by atoms with E-state index in [9.17, 15) is 0 Å². The Kier molecular flexibility index (Phi) is 11.5. The van der Waals surface area contributed by atoms with Crippen molar-refractivity contribution < 1.29 is 38.3 Å². The second kappa shape index (κ2) is 18.6. The summed E-state index contributed by atoms with van der Waals surface area (Å²) < 4.78 is 37.3. The van der Waals surface area contributed by atoms with Gasteiger partial charge in [-0.15, -0.1) is 0 Å². The highest BCUT2D eigenvalue weighted by atomic mass is 16.6. The minimum atomic E-state index is -0.528. The smallest absolute Gasteiger partial charge is 0.242 e. The number of ether oxygens (including phenoxy) is 6. The Morgan fingerprint density at radius 3 is 1.62 bits per heavy atom. The first-order chi connectivity index (χ1) is 38.5. The van der Waals surface area contributed by atoms with Gasteiger partial charge in [0.25, 0.3) is 0 Å². The first kappa shape index (κ1) is 48.7. The molecule has 79 heavy (non-hydrogen) atoms. The molecule has 402 valence electrons. The summed E-state index contributed by atoms with van der Waals surface area (Å²) in [5.41, 5.74) is 6.40. The maximum atomic E-state index is 15.2. The fourth-order valence-corrected chi connectivity index (χ4v) is 14.9. The number of anilines is 5. The number of rotatable bonds is 13. The van der Waals surface area contributed by atoms with Gasteiger partial charge in [0, 0.05) is 58.9 Å². The van der Waals surface area contributed by atoms with Crippen molar-refractivity contribution in [3.63, 3.8) is 0 Å². The zero-order valence-corrected chi connectivity index (χ0v) is 45.3. The minimum Gasteiger partial charge on any atom is -0.871 e. The number of Topliss-reactive ketones (excluding diaryl/α,β-unsaturated/α-hetero) is 1. The minimum absolute atomic E-state index is 0.147. The number of nitrogens with one attached hydrogen (secondary N) is 1. The van der Waals surface area contributed by atoms with Crippen molar-refractivity contribution in [2.24, 2.45) is 23.7 Å². The van der Waals surface area contributed by atoms with Gasteiger partial charge >= 0.3 is 0 Å². The molecule has 15 rings (SSSR count). The average molecular weight is 1060 g/mol. The molecule has 1 N–H and O–H groups in total. The fraction of sp³-hybridized carbons (Fsp3) is 0.373. The number of carbonyl (C=O) groups is 1. The predicted octanol–water partition coefficient (Wildman–Crippen LogP) is 10.7. The van der Waals surface area contributed by atoms with Gasteiger partial charge in [0.05, 0.1) is 42.3 Å². The number of ketones is 1. The molecular formula is C67H66N4O8. The van der Waals surface area contributed by atoms with E-state index in [1.165, 1.54) is 6.42 Å². The zero-order chi connectivity index (χ0) is 53.3. The van der Waals surface area contributed by atoms with Crippen LogP contribution in [0, 0.1) is 23.7 Å². The Balaban J connectivity index is 0.890. The highest BCUT2D eigenvalue weighted by Gasteiger charge is 2.53. The van der Waals surface area contributed by atoms with Crippen molar-refractivity contribution >= 4 is 72.6 Å². The van der Waals surface area contributed by atoms with Gasteiger partial charge in [-0.05, 0) is 156 Å². The first-order valence-electron chi connectivity index (χ1n) is 28.7. The summed E-state index contributed by atoms with van der Waals surface area (Å²) in [4.78, 5) is 20.3. The number of carbonyl (C=O) groups excluding carboxylic acids is 1. The van der Waals surface area contributed by atoms with E-state index in [4.69, 9.17) is 28.4 Å². The van der Waals surface area contributed by atoms with Crippen LogP contribution in [0.5, 0.6) is 17.2 Å². The Bertz CT molecular complexity index is 3680. The number of hydrogen-bond acceptors (Lipinski definition) is 11. The maximum absolute atomic E-state index is 15.2. The fourth-order valence-electron chi connectivity index (χ4n) is 14.9. The maximum Gasteiger partial charge on any atom is 0.242 e. The van der Waals surface area contributed by atoms with Crippen LogP contribution in [-0.4, -0.2) is 75.1 Å². The van der Waals surface area contributed by atoms with Crippen molar-refractivity contribution in [3.05, 3.63) is 155 Å². The summed E-state index contributed by atoms with van der Waals surface area (Å²) in [6.45, 7) is 13.3. The van der Waals surface area contributed by atoms with Gasteiger partial charge < -0.3 is 48.6 Å². The summed E-state index contributed by atoms with van der Waals surface area (Å²) in [7, 11) is 0. The average Bonchev–Trinajstić information content (AvgIpc) is 3.14. The molecule has 5 heterocycles. The molecule has 0 amide bonds. The molecule has 7 aromatic carbocycles. The molecule has 2 spiro atoms. The van der Waals surface area contributed by atoms with E-state index in [0.717, 1.165) is 130 Å². The van der Waals surface area contributed by atoms with Crippen LogP contribution in [0.4, 0.5) is 34.1 Å². The third-order valence-corrected chi connectivity index (χ3v) is 17.9. The molecule has 3 saturated heterocycles. The van der Waals surface area contributed by atoms with Crippen LogP contribution >= 0.6 is 0 Å². The lowest BCUT2D eigenvalue weighted by molar-refractivity contribution is -0.292. The predicted molar refractivity (Wildman–Crippen MR) is 306 cm³/mol. The number of epoxide rings is 3. The van der Waals surface area contributed by atoms with Gasteiger partial charge in [-0.3, -0.25) is 4.79 Å². The highest BCUT2D eigenvalue weighted by molar-refractivity contribution is 6.52. The van der Waals surface area contributed by atoms with Gasteiger partial charge in [-0.1, -0.05) is 63.8 Å². The van der Waals surface area contributed by atoms with Crippen LogP contribution in [-0.2, 0) is 19.0 Å². The van der Waals surface area contributed by atoms with Crippen LogP contribution in [0.25, 0.3) is 32.7 Å². The van der Waals surface area contributed by atoms with Gasteiger partial charge in [0.15, 0.2) is 5.78 Å². The molecule has 12 heteroatoms. The lowest BCUT2D eigenvalue weighted by atomic mass is 9.72. The summed E-state index contributed by atoms with van der Waals surface area (Å²) in [6, 6.07) is 46.4. The number of benzene rings is 7. The monoisotopic (exact) mass is 1050 g/mol. The number of hydrogen-bond donors (Lipinski definition) is 1. The van der Waals surface area contributed by atoms with Gasteiger partial charge in [-0.2, -0.15) is 4.58 Å². The van der Waals surface area contributed by atoms with Crippen LogP contribution in [0.2, 0.25) is 0 Å². The SMILES string of the molecule is CC1CC(C)CC2(C1)N(c1ccc(OCC3CO3)cc1)c1cccc3c(C4=C([O-])/C(=c5/ccc6c7c(cccc57)NC5(CC(C)CC(C)C5)[N+]=6c5ccc(OCC6CO6)cc5)C4=O)ccc(c13)N2c1ccc(OCC2CO2)cc1. The molecule has 8 aliphatic rings. The molecule has 0 bridgehead atoms. The summed E-state index contributed by atoms with van der Waals surface area (Å²) in [6.07, 6.45) is 6.46. The van der Waals surface area contributed by atoms with Crippen molar-refractivity contribution in [1.29, 1.82) is 0 Å². The van der Waals surface area contributed by atoms with E-state index < -0.39 is 5.66 Å². The normalized spacial score (nSPS) is 29.0. The quantitative estimate of drug-likeness (QED) is 0.0876.